The third-order valence-electron chi connectivity index (χ3n) is 5.20. The first kappa shape index (κ1) is 25.5. The highest BCUT2D eigenvalue weighted by Gasteiger charge is 2.20. The molecule has 0 fully saturated rings. The molecule has 1 aromatic heterocycles. The molecule has 1 heterocycles. The van der Waals surface area contributed by atoms with Gasteiger partial charge < -0.3 is 14.6 Å². The quantitative estimate of drug-likeness (QED) is 0.184. The molecule has 37 heavy (non-hydrogen) atoms. The van der Waals surface area contributed by atoms with Gasteiger partial charge in [0.1, 0.15) is 5.56 Å². The van der Waals surface area contributed by atoms with E-state index in [1.54, 1.807) is 6.07 Å². The number of benzene rings is 3. The van der Waals surface area contributed by atoms with Crippen LogP contribution in [0.2, 0.25) is 0 Å². The highest BCUT2D eigenvalue weighted by atomic mass is 32.2. The van der Waals surface area contributed by atoms with E-state index in [1.165, 1.54) is 38.3 Å². The standard InChI is InChI=1S/C26H23N5O5S/c1-35-20-14-13-18(22(25(33)34)23(20)36-2)15-27-28-21(32)16-37-26-30-29-24(17-9-5-3-6-10-17)31(26)19-11-7-4-8-12-19/h3-15H,16H2,1-2H3,(H,28,32)(H,33,34)/b27-15-. The summed E-state index contributed by atoms with van der Waals surface area (Å²) >= 11 is 1.20. The number of nitrogens with one attached hydrogen (secondary N) is 1. The molecule has 0 atom stereocenters. The smallest absolute Gasteiger partial charge is 0.340 e. The third-order valence-corrected chi connectivity index (χ3v) is 6.13. The van der Waals surface area contributed by atoms with Gasteiger partial charge in [-0.1, -0.05) is 60.3 Å². The van der Waals surface area contributed by atoms with Crippen molar-refractivity contribution in [3.05, 3.63) is 83.9 Å². The van der Waals surface area contributed by atoms with Crippen LogP contribution >= 0.6 is 11.8 Å². The number of para-hydroxylation sites is 1. The molecule has 0 saturated carbocycles. The number of hydrazone groups is 1. The molecule has 0 radical (unpaired) electrons. The Morgan fingerprint density at radius 3 is 2.35 bits per heavy atom. The zero-order chi connectivity index (χ0) is 26.2. The van der Waals surface area contributed by atoms with Gasteiger partial charge in [0, 0.05) is 16.8 Å². The van der Waals surface area contributed by atoms with Crippen LogP contribution < -0.4 is 14.9 Å². The SMILES string of the molecule is COc1ccc(/C=N\NC(=O)CSc2nnc(-c3ccccc3)n2-c2ccccc2)c(C(=O)O)c1OC. The number of carboxylic acid groups (broad SMARTS) is 1. The van der Waals surface area contributed by atoms with E-state index in [2.05, 4.69) is 20.7 Å². The van der Waals surface area contributed by atoms with E-state index in [-0.39, 0.29) is 28.4 Å². The first-order chi connectivity index (χ1) is 18.0. The van der Waals surface area contributed by atoms with Gasteiger partial charge in [-0.15, -0.1) is 10.2 Å². The van der Waals surface area contributed by atoms with Gasteiger partial charge in [0.2, 0.25) is 0 Å². The fourth-order valence-electron chi connectivity index (χ4n) is 3.55. The van der Waals surface area contributed by atoms with E-state index >= 15 is 0 Å². The lowest BCUT2D eigenvalue weighted by Gasteiger charge is -2.12. The predicted octanol–water partition coefficient (Wildman–Crippen LogP) is 3.89. The normalized spacial score (nSPS) is 10.9. The first-order valence-electron chi connectivity index (χ1n) is 11.0. The van der Waals surface area contributed by atoms with Crippen LogP contribution in [0.3, 0.4) is 0 Å². The Kier molecular flexibility index (Phi) is 8.16. The molecule has 10 nitrogen and oxygen atoms in total. The number of nitrogens with zero attached hydrogens (tertiary/aromatic N) is 4. The average molecular weight is 518 g/mol. The minimum Gasteiger partial charge on any atom is -0.493 e. The first-order valence-corrected chi connectivity index (χ1v) is 12.0. The number of hydrogen-bond acceptors (Lipinski definition) is 8. The van der Waals surface area contributed by atoms with E-state index in [4.69, 9.17) is 9.47 Å². The van der Waals surface area contributed by atoms with Crippen LogP contribution in [-0.2, 0) is 4.79 Å². The Balaban J connectivity index is 1.49. The molecule has 3 aromatic carbocycles. The van der Waals surface area contributed by atoms with Gasteiger partial charge >= 0.3 is 5.97 Å². The fourth-order valence-corrected chi connectivity index (χ4v) is 4.30. The monoisotopic (exact) mass is 517 g/mol. The number of rotatable bonds is 10. The summed E-state index contributed by atoms with van der Waals surface area (Å²) < 4.78 is 12.2. The second-order valence-corrected chi connectivity index (χ2v) is 8.44. The number of thioether (sulfide) groups is 1. The maximum absolute atomic E-state index is 12.5. The molecule has 0 aliphatic carbocycles. The van der Waals surface area contributed by atoms with E-state index in [1.807, 2.05) is 65.2 Å². The minimum atomic E-state index is -1.21. The number of carbonyl (C=O) groups excluding carboxylic acids is 1. The lowest BCUT2D eigenvalue weighted by Crippen LogP contribution is -2.20. The lowest BCUT2D eigenvalue weighted by molar-refractivity contribution is -0.118. The van der Waals surface area contributed by atoms with Crippen LogP contribution in [0, 0.1) is 0 Å². The van der Waals surface area contributed by atoms with Gasteiger partial charge in [-0.2, -0.15) is 5.10 Å². The van der Waals surface area contributed by atoms with Crippen LogP contribution in [0.25, 0.3) is 17.1 Å². The van der Waals surface area contributed by atoms with Crippen LogP contribution in [-0.4, -0.2) is 57.9 Å². The van der Waals surface area contributed by atoms with Gasteiger partial charge in [0.05, 0.1) is 26.2 Å². The Bertz CT molecular complexity index is 1420. The number of methoxy groups -OCH3 is 2. The molecule has 188 valence electrons. The predicted molar refractivity (Wildman–Crippen MR) is 140 cm³/mol. The maximum Gasteiger partial charge on any atom is 0.340 e. The van der Waals surface area contributed by atoms with Crippen molar-refractivity contribution < 1.29 is 24.2 Å². The molecule has 0 bridgehead atoms. The lowest BCUT2D eigenvalue weighted by atomic mass is 10.1. The van der Waals surface area contributed by atoms with Crippen molar-refractivity contribution in [1.29, 1.82) is 0 Å². The van der Waals surface area contributed by atoms with Crippen LogP contribution in [0.5, 0.6) is 11.5 Å². The largest absolute Gasteiger partial charge is 0.493 e. The van der Waals surface area contributed by atoms with Crippen molar-refractivity contribution >= 4 is 29.9 Å². The number of aromatic carboxylic acids is 1. The van der Waals surface area contributed by atoms with E-state index in [9.17, 15) is 14.7 Å². The summed E-state index contributed by atoms with van der Waals surface area (Å²) in [5.74, 6) is -0.613. The fraction of sp³-hybridized carbons (Fsp3) is 0.115. The van der Waals surface area contributed by atoms with Crippen molar-refractivity contribution in [2.75, 3.05) is 20.0 Å². The summed E-state index contributed by atoms with van der Waals surface area (Å²) in [5, 5.41) is 22.7. The summed E-state index contributed by atoms with van der Waals surface area (Å²) in [6.07, 6.45) is 1.24. The third kappa shape index (κ3) is 5.78. The molecule has 4 aromatic rings. The van der Waals surface area contributed by atoms with Crippen LogP contribution in [0.1, 0.15) is 15.9 Å². The van der Waals surface area contributed by atoms with Gasteiger partial charge in [-0.25, -0.2) is 10.2 Å². The summed E-state index contributed by atoms with van der Waals surface area (Å²) in [5.41, 5.74) is 4.29. The summed E-state index contributed by atoms with van der Waals surface area (Å²) in [4.78, 5) is 24.3. The summed E-state index contributed by atoms with van der Waals surface area (Å²) in [6.45, 7) is 0. The Labute approximate surface area is 217 Å². The molecule has 0 saturated heterocycles. The molecule has 0 spiro atoms. The molecule has 0 aliphatic heterocycles. The molecule has 0 unspecified atom stereocenters. The molecule has 0 aliphatic rings. The highest BCUT2D eigenvalue weighted by molar-refractivity contribution is 7.99. The summed E-state index contributed by atoms with van der Waals surface area (Å²) in [7, 11) is 2.76. The van der Waals surface area contributed by atoms with Crippen molar-refractivity contribution in [3.63, 3.8) is 0 Å². The van der Waals surface area contributed by atoms with Crippen molar-refractivity contribution in [2.24, 2.45) is 5.10 Å². The van der Waals surface area contributed by atoms with E-state index < -0.39 is 11.9 Å². The topological polar surface area (TPSA) is 128 Å². The maximum atomic E-state index is 12.5. The number of carboxylic acids is 1. The Morgan fingerprint density at radius 1 is 1.00 bits per heavy atom. The van der Waals surface area contributed by atoms with E-state index in [0.29, 0.717) is 11.0 Å². The molecule has 4 rings (SSSR count). The van der Waals surface area contributed by atoms with Crippen molar-refractivity contribution in [3.8, 4) is 28.6 Å². The van der Waals surface area contributed by atoms with Crippen molar-refractivity contribution in [2.45, 2.75) is 5.16 Å². The van der Waals surface area contributed by atoms with Gasteiger partial charge in [0.15, 0.2) is 22.5 Å². The number of amides is 1. The second kappa shape index (κ2) is 11.9. The number of hydrogen-bond donors (Lipinski definition) is 2. The van der Waals surface area contributed by atoms with Gasteiger partial charge in [-0.05, 0) is 24.3 Å². The second-order valence-electron chi connectivity index (χ2n) is 7.50. The van der Waals surface area contributed by atoms with Crippen LogP contribution in [0.4, 0.5) is 0 Å². The Morgan fingerprint density at radius 2 is 1.70 bits per heavy atom. The number of aromatic nitrogens is 3. The zero-order valence-electron chi connectivity index (χ0n) is 20.0. The summed E-state index contributed by atoms with van der Waals surface area (Å²) in [6, 6.07) is 22.4. The number of carbonyl (C=O) groups is 2. The van der Waals surface area contributed by atoms with Gasteiger partial charge in [-0.3, -0.25) is 9.36 Å². The highest BCUT2D eigenvalue weighted by Crippen LogP contribution is 2.33. The van der Waals surface area contributed by atoms with Crippen molar-refractivity contribution in [1.82, 2.24) is 20.2 Å². The molecule has 2 N–H and O–H groups in total. The molecular formula is C26H23N5O5S. The molecule has 11 heteroatoms. The van der Waals surface area contributed by atoms with Gasteiger partial charge in [0.25, 0.3) is 5.91 Å². The molecular weight excluding hydrogens is 494 g/mol. The molecule has 1 amide bonds. The zero-order valence-corrected chi connectivity index (χ0v) is 20.8. The Hall–Kier alpha value is -4.64. The van der Waals surface area contributed by atoms with Crippen LogP contribution in [0.15, 0.2) is 83.1 Å². The minimum absolute atomic E-state index is 0.00875. The number of ether oxygens (including phenoxy) is 2. The van der Waals surface area contributed by atoms with E-state index in [0.717, 1.165) is 11.3 Å². The average Bonchev–Trinajstić information content (AvgIpc) is 3.36.